The predicted octanol–water partition coefficient (Wildman–Crippen LogP) is 2.26. The normalized spacial score (nSPS) is 15.7. The summed E-state index contributed by atoms with van der Waals surface area (Å²) in [4.78, 5) is 15.1. The number of rotatable bonds is 3. The van der Waals surface area contributed by atoms with Gasteiger partial charge < -0.3 is 4.57 Å². The quantitative estimate of drug-likeness (QED) is 0.712. The van der Waals surface area contributed by atoms with E-state index in [-0.39, 0.29) is 0 Å². The molecule has 15 heavy (non-hydrogen) atoms. The number of aromatic nitrogens is 2. The van der Waals surface area contributed by atoms with Crippen LogP contribution < -0.4 is 0 Å². The van der Waals surface area contributed by atoms with Crippen LogP contribution in [0.3, 0.4) is 0 Å². The van der Waals surface area contributed by atoms with Gasteiger partial charge in [-0.05, 0) is 30.9 Å². The second-order valence-electron chi connectivity index (χ2n) is 4.17. The average Bonchev–Trinajstić information content (AvgIpc) is 3.01. The van der Waals surface area contributed by atoms with E-state index in [0.29, 0.717) is 5.56 Å². The molecule has 0 N–H and O–H groups in total. The molecule has 0 saturated heterocycles. The maximum atomic E-state index is 10.9. The van der Waals surface area contributed by atoms with Gasteiger partial charge in [0.05, 0.1) is 16.6 Å². The lowest BCUT2D eigenvalue weighted by atomic mass is 10.3. The van der Waals surface area contributed by atoms with E-state index in [4.69, 9.17) is 0 Å². The topological polar surface area (TPSA) is 34.9 Å². The molecule has 3 rings (SSSR count). The Labute approximate surface area is 87.7 Å². The van der Waals surface area contributed by atoms with Crippen molar-refractivity contribution in [3.8, 4) is 0 Å². The second kappa shape index (κ2) is 3.19. The monoisotopic (exact) mass is 200 g/mol. The first-order valence-corrected chi connectivity index (χ1v) is 5.27. The summed E-state index contributed by atoms with van der Waals surface area (Å²) in [7, 11) is 0. The van der Waals surface area contributed by atoms with Gasteiger partial charge in [0.2, 0.25) is 0 Å². The Morgan fingerprint density at radius 1 is 1.53 bits per heavy atom. The molecule has 0 spiro atoms. The Kier molecular flexibility index (Phi) is 1.84. The smallest absolute Gasteiger partial charge is 0.153 e. The highest BCUT2D eigenvalue weighted by Gasteiger charge is 2.22. The number of hydrogen-bond donors (Lipinski definition) is 0. The van der Waals surface area contributed by atoms with E-state index in [0.717, 1.165) is 29.8 Å². The van der Waals surface area contributed by atoms with E-state index < -0.39 is 0 Å². The van der Waals surface area contributed by atoms with Crippen LogP contribution in [-0.2, 0) is 6.54 Å². The summed E-state index contributed by atoms with van der Waals surface area (Å²) in [5.74, 6) is 0.806. The Hall–Kier alpha value is -1.64. The van der Waals surface area contributed by atoms with Crippen LogP contribution in [-0.4, -0.2) is 15.8 Å². The van der Waals surface area contributed by atoms with Gasteiger partial charge in [-0.25, -0.2) is 0 Å². The number of hydrogen-bond acceptors (Lipinski definition) is 2. The first-order chi connectivity index (χ1) is 7.38. The molecule has 3 nitrogen and oxygen atoms in total. The Bertz CT molecular complexity index is 511. The highest BCUT2D eigenvalue weighted by atomic mass is 16.1. The van der Waals surface area contributed by atoms with Crippen LogP contribution >= 0.6 is 0 Å². The maximum absolute atomic E-state index is 10.9. The van der Waals surface area contributed by atoms with Gasteiger partial charge in [-0.15, -0.1) is 0 Å². The van der Waals surface area contributed by atoms with Gasteiger partial charge in [-0.1, -0.05) is 0 Å². The van der Waals surface area contributed by atoms with E-state index in [1.807, 2.05) is 18.3 Å². The fourth-order valence-corrected chi connectivity index (χ4v) is 1.97. The lowest BCUT2D eigenvalue weighted by molar-refractivity contribution is 0.112. The molecule has 2 aromatic rings. The van der Waals surface area contributed by atoms with Gasteiger partial charge in [0.1, 0.15) is 0 Å². The van der Waals surface area contributed by atoms with Gasteiger partial charge in [0.15, 0.2) is 6.29 Å². The predicted molar refractivity (Wildman–Crippen MR) is 57.8 cm³/mol. The van der Waals surface area contributed by atoms with Crippen LogP contribution in [0.25, 0.3) is 11.0 Å². The first-order valence-electron chi connectivity index (χ1n) is 5.27. The molecule has 0 atom stereocenters. The highest BCUT2D eigenvalue weighted by molar-refractivity contribution is 5.94. The molecule has 0 unspecified atom stereocenters. The minimum Gasteiger partial charge on any atom is -0.345 e. The summed E-state index contributed by atoms with van der Waals surface area (Å²) in [6, 6.07) is 3.94. The number of nitrogens with zero attached hydrogens (tertiary/aromatic N) is 2. The van der Waals surface area contributed by atoms with Gasteiger partial charge in [0, 0.05) is 18.9 Å². The molecular formula is C12H12N2O. The zero-order valence-electron chi connectivity index (χ0n) is 8.39. The van der Waals surface area contributed by atoms with Crippen molar-refractivity contribution in [2.24, 2.45) is 5.92 Å². The van der Waals surface area contributed by atoms with Gasteiger partial charge in [-0.2, -0.15) is 0 Å². The molecule has 1 aliphatic rings. The fraction of sp³-hybridized carbons (Fsp3) is 0.333. The zero-order chi connectivity index (χ0) is 10.3. The van der Waals surface area contributed by atoms with E-state index in [2.05, 4.69) is 9.55 Å². The summed E-state index contributed by atoms with van der Waals surface area (Å²) in [5.41, 5.74) is 2.60. The van der Waals surface area contributed by atoms with Crippen molar-refractivity contribution in [1.29, 1.82) is 0 Å². The molecule has 1 fully saturated rings. The van der Waals surface area contributed by atoms with E-state index in [9.17, 15) is 4.79 Å². The SMILES string of the molecule is O=Cc1cn(CC2CC2)c2cccnc12. The van der Waals surface area contributed by atoms with Crippen LogP contribution in [0.4, 0.5) is 0 Å². The average molecular weight is 200 g/mol. The molecule has 0 bridgehead atoms. The summed E-state index contributed by atoms with van der Waals surface area (Å²) in [5, 5.41) is 0. The number of carbonyl (C=O) groups excluding carboxylic acids is 1. The molecule has 0 radical (unpaired) electrons. The standard InChI is InChI=1S/C12H12N2O/c15-8-10-7-14(6-9-3-4-9)11-2-1-5-13-12(10)11/h1-2,5,7-9H,3-4,6H2. The lowest BCUT2D eigenvalue weighted by Gasteiger charge is -2.01. The van der Waals surface area contributed by atoms with Crippen molar-refractivity contribution in [3.63, 3.8) is 0 Å². The molecular weight excluding hydrogens is 188 g/mol. The van der Waals surface area contributed by atoms with Gasteiger partial charge >= 0.3 is 0 Å². The van der Waals surface area contributed by atoms with Crippen LogP contribution in [0.5, 0.6) is 0 Å². The molecule has 1 saturated carbocycles. The van der Waals surface area contributed by atoms with Crippen molar-refractivity contribution in [3.05, 3.63) is 30.1 Å². The Morgan fingerprint density at radius 2 is 2.40 bits per heavy atom. The van der Waals surface area contributed by atoms with Crippen LogP contribution in [0, 0.1) is 5.92 Å². The zero-order valence-corrected chi connectivity index (χ0v) is 8.39. The molecule has 2 aromatic heterocycles. The molecule has 2 heterocycles. The minimum absolute atomic E-state index is 0.700. The molecule has 0 aliphatic heterocycles. The number of pyridine rings is 1. The van der Waals surface area contributed by atoms with E-state index >= 15 is 0 Å². The van der Waals surface area contributed by atoms with Crippen molar-refractivity contribution in [2.75, 3.05) is 0 Å². The summed E-state index contributed by atoms with van der Waals surface area (Å²) in [6.45, 7) is 1.02. The van der Waals surface area contributed by atoms with E-state index in [1.165, 1.54) is 12.8 Å². The Balaban J connectivity index is 2.15. The van der Waals surface area contributed by atoms with Crippen molar-refractivity contribution in [1.82, 2.24) is 9.55 Å². The van der Waals surface area contributed by atoms with Crippen LogP contribution in [0.2, 0.25) is 0 Å². The molecule has 3 heteroatoms. The van der Waals surface area contributed by atoms with E-state index in [1.54, 1.807) is 6.20 Å². The van der Waals surface area contributed by atoms with Gasteiger partial charge in [-0.3, -0.25) is 9.78 Å². The van der Waals surface area contributed by atoms with Gasteiger partial charge in [0.25, 0.3) is 0 Å². The number of fused-ring (bicyclic) bond motifs is 1. The molecule has 1 aliphatic carbocycles. The fourth-order valence-electron chi connectivity index (χ4n) is 1.97. The number of carbonyl (C=O) groups is 1. The minimum atomic E-state index is 0.700. The Morgan fingerprint density at radius 3 is 3.13 bits per heavy atom. The third-order valence-electron chi connectivity index (χ3n) is 2.94. The lowest BCUT2D eigenvalue weighted by Crippen LogP contribution is -1.97. The maximum Gasteiger partial charge on any atom is 0.153 e. The third-order valence-corrected chi connectivity index (χ3v) is 2.94. The summed E-state index contributed by atoms with van der Waals surface area (Å²) >= 11 is 0. The first kappa shape index (κ1) is 8.65. The van der Waals surface area contributed by atoms with Crippen LogP contribution in [0.1, 0.15) is 23.2 Å². The molecule has 76 valence electrons. The number of aldehydes is 1. The summed E-state index contributed by atoms with van der Waals surface area (Å²) < 4.78 is 2.16. The molecule has 0 amide bonds. The largest absolute Gasteiger partial charge is 0.345 e. The van der Waals surface area contributed by atoms with Crippen molar-refractivity contribution < 1.29 is 4.79 Å². The second-order valence-corrected chi connectivity index (χ2v) is 4.17. The molecule has 0 aromatic carbocycles. The van der Waals surface area contributed by atoms with Crippen molar-refractivity contribution >= 4 is 17.3 Å². The third kappa shape index (κ3) is 1.44. The van der Waals surface area contributed by atoms with Crippen molar-refractivity contribution in [2.45, 2.75) is 19.4 Å². The highest BCUT2D eigenvalue weighted by Crippen LogP contribution is 2.32. The summed E-state index contributed by atoms with van der Waals surface area (Å²) in [6.07, 6.45) is 7.17. The van der Waals surface area contributed by atoms with Crippen LogP contribution in [0.15, 0.2) is 24.5 Å².